The molecule has 3 aromatic rings. The Morgan fingerprint density at radius 3 is 2.85 bits per heavy atom. The lowest BCUT2D eigenvalue weighted by Gasteiger charge is -2.22. The highest BCUT2D eigenvalue weighted by molar-refractivity contribution is 7.21. The second kappa shape index (κ2) is 6.72. The smallest absolute Gasteiger partial charge is 0.267 e. The lowest BCUT2D eigenvalue weighted by atomic mass is 9.85. The molecular formula is C21H23N3OS. The van der Waals surface area contributed by atoms with Crippen molar-refractivity contribution in [1.82, 2.24) is 4.98 Å². The van der Waals surface area contributed by atoms with Gasteiger partial charge in [-0.1, -0.05) is 31.0 Å². The molecule has 0 saturated carbocycles. The summed E-state index contributed by atoms with van der Waals surface area (Å²) >= 11 is 1.39. The highest BCUT2D eigenvalue weighted by atomic mass is 32.1. The standard InChI is InChI=1S/C21H23N3OS/c1-3-13-6-9-17-14(10-13)11-16-18(22)19(26-21(16)24-17)20(25)23-15-7-4-12(2)5-8-15/h4-5,7-8,11,13H,3,6,9-10,22H2,1-2H3,(H,23,25)/t13-/m1/s1. The lowest BCUT2D eigenvalue weighted by molar-refractivity contribution is 0.103. The van der Waals surface area contributed by atoms with Crippen LogP contribution in [0.3, 0.4) is 0 Å². The van der Waals surface area contributed by atoms with Gasteiger partial charge in [-0.15, -0.1) is 11.3 Å². The Labute approximate surface area is 157 Å². The number of benzene rings is 1. The van der Waals surface area contributed by atoms with Crippen molar-refractivity contribution in [3.05, 3.63) is 52.0 Å². The van der Waals surface area contributed by atoms with Gasteiger partial charge in [0.25, 0.3) is 5.91 Å². The summed E-state index contributed by atoms with van der Waals surface area (Å²) in [5.74, 6) is 0.560. The van der Waals surface area contributed by atoms with Crippen LogP contribution in [0.25, 0.3) is 10.2 Å². The zero-order valence-electron chi connectivity index (χ0n) is 15.1. The minimum Gasteiger partial charge on any atom is -0.397 e. The minimum atomic E-state index is -0.168. The number of carbonyl (C=O) groups is 1. The molecule has 0 spiro atoms. The Morgan fingerprint density at radius 2 is 2.12 bits per heavy atom. The first-order valence-electron chi connectivity index (χ1n) is 9.14. The number of nitrogens with one attached hydrogen (secondary N) is 1. The molecule has 0 saturated heterocycles. The SMILES string of the molecule is CC[C@@H]1CCc2nc3sc(C(=O)Nc4ccc(C)cc4)c(N)c3cc2C1. The molecule has 2 heterocycles. The van der Waals surface area contributed by atoms with Gasteiger partial charge in [0.05, 0.1) is 5.69 Å². The summed E-state index contributed by atoms with van der Waals surface area (Å²) in [7, 11) is 0. The van der Waals surface area contributed by atoms with E-state index in [0.29, 0.717) is 10.6 Å². The predicted molar refractivity (Wildman–Crippen MR) is 109 cm³/mol. The summed E-state index contributed by atoms with van der Waals surface area (Å²) < 4.78 is 0. The summed E-state index contributed by atoms with van der Waals surface area (Å²) in [4.78, 5) is 18.9. The fourth-order valence-corrected chi connectivity index (χ4v) is 4.60. The number of hydrogen-bond acceptors (Lipinski definition) is 4. The van der Waals surface area contributed by atoms with E-state index in [9.17, 15) is 4.79 Å². The Morgan fingerprint density at radius 1 is 1.35 bits per heavy atom. The molecule has 0 aliphatic heterocycles. The molecule has 4 nitrogen and oxygen atoms in total. The van der Waals surface area contributed by atoms with Crippen molar-refractivity contribution >= 4 is 38.8 Å². The van der Waals surface area contributed by atoms with Gasteiger partial charge in [-0.2, -0.15) is 0 Å². The van der Waals surface area contributed by atoms with Crippen molar-refractivity contribution < 1.29 is 4.79 Å². The maximum Gasteiger partial charge on any atom is 0.267 e. The van der Waals surface area contributed by atoms with Crippen LogP contribution in [0.2, 0.25) is 0 Å². The van der Waals surface area contributed by atoms with Gasteiger partial charge in [-0.3, -0.25) is 4.79 Å². The van der Waals surface area contributed by atoms with Crippen LogP contribution < -0.4 is 11.1 Å². The highest BCUT2D eigenvalue weighted by Gasteiger charge is 2.23. The number of anilines is 2. The Bertz CT molecular complexity index is 975. The summed E-state index contributed by atoms with van der Waals surface area (Å²) in [5, 5.41) is 3.85. The number of nitrogens with zero attached hydrogens (tertiary/aromatic N) is 1. The number of hydrogen-bond donors (Lipinski definition) is 2. The van der Waals surface area contributed by atoms with Gasteiger partial charge in [0.1, 0.15) is 9.71 Å². The molecule has 1 aromatic carbocycles. The molecule has 4 rings (SSSR count). The van der Waals surface area contributed by atoms with Crippen LogP contribution in [-0.4, -0.2) is 10.9 Å². The van der Waals surface area contributed by atoms with Crippen LogP contribution in [-0.2, 0) is 12.8 Å². The summed E-state index contributed by atoms with van der Waals surface area (Å²) in [5.41, 5.74) is 11.3. The van der Waals surface area contributed by atoms with Crippen LogP contribution in [0.5, 0.6) is 0 Å². The first-order valence-corrected chi connectivity index (χ1v) is 9.95. The van der Waals surface area contributed by atoms with Gasteiger partial charge in [0.2, 0.25) is 0 Å². The van der Waals surface area contributed by atoms with Crippen molar-refractivity contribution in [1.29, 1.82) is 0 Å². The molecule has 5 heteroatoms. The summed E-state index contributed by atoms with van der Waals surface area (Å²) in [6.45, 7) is 4.26. The van der Waals surface area contributed by atoms with Crippen LogP contribution in [0, 0.1) is 12.8 Å². The fraction of sp³-hybridized carbons (Fsp3) is 0.333. The van der Waals surface area contributed by atoms with Crippen LogP contribution in [0.4, 0.5) is 11.4 Å². The number of nitrogens with two attached hydrogens (primary N) is 1. The van der Waals surface area contributed by atoms with Gasteiger partial charge in [0, 0.05) is 16.8 Å². The average Bonchev–Trinajstić information content (AvgIpc) is 2.97. The van der Waals surface area contributed by atoms with Gasteiger partial charge < -0.3 is 11.1 Å². The van der Waals surface area contributed by atoms with Crippen LogP contribution in [0.15, 0.2) is 30.3 Å². The Balaban J connectivity index is 1.67. The molecule has 1 amide bonds. The summed E-state index contributed by atoms with van der Waals surface area (Å²) in [6.07, 6.45) is 4.48. The fourth-order valence-electron chi connectivity index (χ4n) is 3.61. The second-order valence-corrected chi connectivity index (χ2v) is 8.13. The number of nitrogen functional groups attached to an aromatic ring is 1. The minimum absolute atomic E-state index is 0.168. The van der Waals surface area contributed by atoms with Crippen molar-refractivity contribution in [2.75, 3.05) is 11.1 Å². The molecule has 0 radical (unpaired) electrons. The van der Waals surface area contributed by atoms with Crippen molar-refractivity contribution in [2.45, 2.75) is 39.5 Å². The molecular weight excluding hydrogens is 342 g/mol. The van der Waals surface area contributed by atoms with Crippen molar-refractivity contribution in [3.8, 4) is 0 Å². The van der Waals surface area contributed by atoms with Crippen molar-refractivity contribution in [3.63, 3.8) is 0 Å². The number of rotatable bonds is 3. The number of amides is 1. The molecule has 2 aromatic heterocycles. The monoisotopic (exact) mass is 365 g/mol. The molecule has 134 valence electrons. The number of aryl methyl sites for hydroxylation is 2. The Hall–Kier alpha value is -2.40. The van der Waals surface area contributed by atoms with E-state index < -0.39 is 0 Å². The first kappa shape index (κ1) is 17.0. The predicted octanol–water partition coefficient (Wildman–Crippen LogP) is 4.95. The second-order valence-electron chi connectivity index (χ2n) is 7.13. The maximum absolute atomic E-state index is 12.7. The van der Waals surface area contributed by atoms with Crippen LogP contribution >= 0.6 is 11.3 Å². The van der Waals surface area contributed by atoms with E-state index >= 15 is 0 Å². The maximum atomic E-state index is 12.7. The highest BCUT2D eigenvalue weighted by Crippen LogP contribution is 2.37. The molecule has 3 N–H and O–H groups in total. The average molecular weight is 366 g/mol. The van der Waals surface area contributed by atoms with E-state index in [1.807, 2.05) is 31.2 Å². The molecule has 0 fully saturated rings. The third-order valence-corrected chi connectivity index (χ3v) is 6.39. The van der Waals surface area contributed by atoms with Gasteiger partial charge >= 0.3 is 0 Å². The van der Waals surface area contributed by atoms with E-state index in [1.165, 1.54) is 35.4 Å². The third kappa shape index (κ3) is 3.07. The first-order chi connectivity index (χ1) is 12.5. The van der Waals surface area contributed by atoms with Gasteiger partial charge in [-0.05, 0) is 55.9 Å². The normalized spacial score (nSPS) is 16.5. The number of aromatic nitrogens is 1. The third-order valence-electron chi connectivity index (χ3n) is 5.28. The van der Waals surface area contributed by atoms with E-state index in [4.69, 9.17) is 10.7 Å². The number of fused-ring (bicyclic) bond motifs is 2. The number of thiophene rings is 1. The molecule has 1 aliphatic carbocycles. The topological polar surface area (TPSA) is 68.0 Å². The number of pyridine rings is 1. The summed E-state index contributed by atoms with van der Waals surface area (Å²) in [6, 6.07) is 9.92. The molecule has 26 heavy (non-hydrogen) atoms. The van der Waals surface area contributed by atoms with Gasteiger partial charge in [-0.25, -0.2) is 4.98 Å². The van der Waals surface area contributed by atoms with Gasteiger partial charge in [0.15, 0.2) is 0 Å². The molecule has 1 aliphatic rings. The van der Waals surface area contributed by atoms with E-state index in [-0.39, 0.29) is 5.91 Å². The van der Waals surface area contributed by atoms with E-state index in [2.05, 4.69) is 18.3 Å². The lowest BCUT2D eigenvalue weighted by Crippen LogP contribution is -2.14. The molecule has 0 unspecified atom stereocenters. The Kier molecular flexibility index (Phi) is 4.41. The number of carbonyl (C=O) groups excluding carboxylic acids is 1. The van der Waals surface area contributed by atoms with E-state index in [0.717, 1.165) is 40.2 Å². The quantitative estimate of drug-likeness (QED) is 0.690. The van der Waals surface area contributed by atoms with Crippen LogP contribution in [0.1, 0.15) is 46.3 Å². The van der Waals surface area contributed by atoms with Crippen molar-refractivity contribution in [2.24, 2.45) is 5.92 Å². The zero-order valence-corrected chi connectivity index (χ0v) is 16.0. The molecule has 1 atom stereocenters. The zero-order chi connectivity index (χ0) is 18.3. The largest absolute Gasteiger partial charge is 0.397 e. The molecule has 0 bridgehead atoms. The van der Waals surface area contributed by atoms with E-state index in [1.54, 1.807) is 0 Å².